The van der Waals surface area contributed by atoms with E-state index in [1.807, 2.05) is 18.2 Å². The Morgan fingerprint density at radius 3 is 2.58 bits per heavy atom. The first-order chi connectivity index (χ1) is 12.5. The summed E-state index contributed by atoms with van der Waals surface area (Å²) in [5.41, 5.74) is 3.54. The van der Waals surface area contributed by atoms with Gasteiger partial charge < -0.3 is 14.5 Å². The maximum atomic E-state index is 12.2. The van der Waals surface area contributed by atoms with Crippen LogP contribution in [0.15, 0.2) is 18.2 Å². The smallest absolute Gasteiger partial charge is 0.320 e. The summed E-state index contributed by atoms with van der Waals surface area (Å²) < 4.78 is 10.2. The Bertz CT molecular complexity index is 795. The number of fused-ring (bicyclic) bond motifs is 3. The first-order valence-corrected chi connectivity index (χ1v) is 9.53. The number of ether oxygens (including phenoxy) is 2. The molecule has 0 fully saturated rings. The van der Waals surface area contributed by atoms with Crippen LogP contribution < -0.4 is 0 Å². The van der Waals surface area contributed by atoms with Crippen LogP contribution in [0.3, 0.4) is 0 Å². The maximum Gasteiger partial charge on any atom is 0.320 e. The van der Waals surface area contributed by atoms with Crippen molar-refractivity contribution in [3.8, 4) is 0 Å². The predicted molar refractivity (Wildman–Crippen MR) is 100 cm³/mol. The van der Waals surface area contributed by atoms with E-state index in [0.717, 1.165) is 29.8 Å². The SMILES string of the molecule is CCOC(=O)C(CC1CCc2c([nH]c3ccc(Cl)cc23)C1)C(=O)OCC. The van der Waals surface area contributed by atoms with Gasteiger partial charge in [-0.05, 0) is 69.2 Å². The molecule has 1 N–H and O–H groups in total. The number of halogens is 1. The van der Waals surface area contributed by atoms with E-state index >= 15 is 0 Å². The fraction of sp³-hybridized carbons (Fsp3) is 0.500. The van der Waals surface area contributed by atoms with Gasteiger partial charge in [0, 0.05) is 21.6 Å². The zero-order chi connectivity index (χ0) is 18.7. The topological polar surface area (TPSA) is 68.4 Å². The van der Waals surface area contributed by atoms with Gasteiger partial charge in [0.1, 0.15) is 0 Å². The van der Waals surface area contributed by atoms with Crippen LogP contribution in [0.2, 0.25) is 5.02 Å². The minimum atomic E-state index is -0.847. The van der Waals surface area contributed by atoms with E-state index in [4.69, 9.17) is 21.1 Å². The third-order valence-electron chi connectivity index (χ3n) is 4.96. The number of aryl methyl sites for hydroxylation is 1. The van der Waals surface area contributed by atoms with Crippen LogP contribution in [-0.4, -0.2) is 30.1 Å². The van der Waals surface area contributed by atoms with Crippen molar-refractivity contribution in [1.82, 2.24) is 4.98 Å². The van der Waals surface area contributed by atoms with E-state index in [-0.39, 0.29) is 19.1 Å². The summed E-state index contributed by atoms with van der Waals surface area (Å²) in [6.07, 6.45) is 3.07. The molecule has 0 saturated heterocycles. The van der Waals surface area contributed by atoms with Crippen molar-refractivity contribution in [3.05, 3.63) is 34.5 Å². The molecule has 0 amide bonds. The number of nitrogens with one attached hydrogen (secondary N) is 1. The van der Waals surface area contributed by atoms with Crippen LogP contribution in [-0.2, 0) is 31.9 Å². The molecule has 1 aliphatic rings. The van der Waals surface area contributed by atoms with E-state index in [9.17, 15) is 9.59 Å². The number of rotatable bonds is 6. The number of carbonyl (C=O) groups excluding carboxylic acids is 2. The third kappa shape index (κ3) is 3.88. The number of hydrogen-bond acceptors (Lipinski definition) is 4. The van der Waals surface area contributed by atoms with Crippen LogP contribution in [0.4, 0.5) is 0 Å². The molecule has 0 bridgehead atoms. The lowest BCUT2D eigenvalue weighted by atomic mass is 9.81. The summed E-state index contributed by atoms with van der Waals surface area (Å²) in [6.45, 7) is 3.99. The van der Waals surface area contributed by atoms with Crippen LogP contribution >= 0.6 is 11.6 Å². The molecular formula is C20H24ClNO4. The number of aromatic nitrogens is 1. The highest BCUT2D eigenvalue weighted by molar-refractivity contribution is 6.31. The normalized spacial score (nSPS) is 16.5. The molecule has 3 rings (SSSR count). The van der Waals surface area contributed by atoms with Gasteiger partial charge in [-0.25, -0.2) is 0 Å². The Balaban J connectivity index is 1.77. The van der Waals surface area contributed by atoms with E-state index in [1.54, 1.807) is 13.8 Å². The van der Waals surface area contributed by atoms with Crippen molar-refractivity contribution in [2.24, 2.45) is 11.8 Å². The molecule has 0 radical (unpaired) electrons. The lowest BCUT2D eigenvalue weighted by Crippen LogP contribution is -2.31. The number of hydrogen-bond donors (Lipinski definition) is 1. The van der Waals surface area contributed by atoms with E-state index in [0.29, 0.717) is 6.42 Å². The highest BCUT2D eigenvalue weighted by Crippen LogP contribution is 2.35. The van der Waals surface area contributed by atoms with E-state index < -0.39 is 17.9 Å². The number of esters is 2. The van der Waals surface area contributed by atoms with Gasteiger partial charge in [-0.15, -0.1) is 0 Å². The Morgan fingerprint density at radius 2 is 1.92 bits per heavy atom. The average Bonchev–Trinajstić information content (AvgIpc) is 2.97. The van der Waals surface area contributed by atoms with Gasteiger partial charge in [0.05, 0.1) is 13.2 Å². The standard InChI is InChI=1S/C20H24ClNO4/c1-3-25-19(23)16(20(24)26-4-2)9-12-5-7-14-15-11-13(21)6-8-17(15)22-18(14)10-12/h6,8,11-12,16,22H,3-5,7,9-10H2,1-2H3. The number of aromatic amines is 1. The lowest BCUT2D eigenvalue weighted by Gasteiger charge is -2.25. The highest BCUT2D eigenvalue weighted by Gasteiger charge is 2.34. The maximum absolute atomic E-state index is 12.2. The Kier molecular flexibility index (Phi) is 5.87. The van der Waals surface area contributed by atoms with Crippen LogP contribution in [0.5, 0.6) is 0 Å². The molecule has 1 aromatic carbocycles. The summed E-state index contributed by atoms with van der Waals surface area (Å²) in [5.74, 6) is -1.59. The van der Waals surface area contributed by atoms with Gasteiger partial charge in [0.25, 0.3) is 0 Å². The second-order valence-electron chi connectivity index (χ2n) is 6.67. The minimum absolute atomic E-state index is 0.227. The molecule has 1 unspecified atom stereocenters. The summed E-state index contributed by atoms with van der Waals surface area (Å²) in [4.78, 5) is 27.9. The number of H-pyrrole nitrogens is 1. The van der Waals surface area contributed by atoms with Crippen molar-refractivity contribution < 1.29 is 19.1 Å². The fourth-order valence-electron chi connectivity index (χ4n) is 3.78. The van der Waals surface area contributed by atoms with Gasteiger partial charge in [-0.1, -0.05) is 11.6 Å². The first-order valence-electron chi connectivity index (χ1n) is 9.15. The largest absolute Gasteiger partial charge is 0.465 e. The summed E-state index contributed by atoms with van der Waals surface area (Å²) in [5, 5.41) is 1.89. The first kappa shape index (κ1) is 18.8. The van der Waals surface area contributed by atoms with Crippen molar-refractivity contribution in [2.45, 2.75) is 39.5 Å². The Morgan fingerprint density at radius 1 is 1.23 bits per heavy atom. The average molecular weight is 378 g/mol. The van der Waals surface area contributed by atoms with Gasteiger partial charge >= 0.3 is 11.9 Å². The summed E-state index contributed by atoms with van der Waals surface area (Å²) in [6, 6.07) is 5.86. The van der Waals surface area contributed by atoms with E-state index in [1.165, 1.54) is 16.6 Å². The molecule has 6 heteroatoms. The zero-order valence-electron chi connectivity index (χ0n) is 15.1. The molecule has 1 aromatic heterocycles. The molecule has 5 nitrogen and oxygen atoms in total. The molecule has 1 aliphatic carbocycles. The minimum Gasteiger partial charge on any atom is -0.465 e. The zero-order valence-corrected chi connectivity index (χ0v) is 15.9. The van der Waals surface area contributed by atoms with Crippen molar-refractivity contribution in [2.75, 3.05) is 13.2 Å². The molecule has 26 heavy (non-hydrogen) atoms. The van der Waals surface area contributed by atoms with Crippen molar-refractivity contribution in [3.63, 3.8) is 0 Å². The summed E-state index contributed by atoms with van der Waals surface area (Å²) in [7, 11) is 0. The Labute approximate surface area is 158 Å². The van der Waals surface area contributed by atoms with Crippen LogP contribution in [0.25, 0.3) is 10.9 Å². The van der Waals surface area contributed by atoms with Crippen molar-refractivity contribution in [1.29, 1.82) is 0 Å². The van der Waals surface area contributed by atoms with Crippen LogP contribution in [0, 0.1) is 11.8 Å². The van der Waals surface area contributed by atoms with Gasteiger partial charge in [0.15, 0.2) is 5.92 Å². The molecule has 2 aromatic rings. The second kappa shape index (κ2) is 8.12. The lowest BCUT2D eigenvalue weighted by molar-refractivity contribution is -0.162. The monoisotopic (exact) mass is 377 g/mol. The van der Waals surface area contributed by atoms with Gasteiger partial charge in [-0.2, -0.15) is 0 Å². The van der Waals surface area contributed by atoms with Crippen LogP contribution in [0.1, 0.15) is 37.9 Å². The molecule has 1 heterocycles. The fourth-order valence-corrected chi connectivity index (χ4v) is 3.96. The van der Waals surface area contributed by atoms with E-state index in [2.05, 4.69) is 4.98 Å². The Hall–Kier alpha value is -2.01. The van der Waals surface area contributed by atoms with Crippen molar-refractivity contribution >= 4 is 34.4 Å². The molecule has 1 atom stereocenters. The molecule has 0 aliphatic heterocycles. The third-order valence-corrected chi connectivity index (χ3v) is 5.20. The highest BCUT2D eigenvalue weighted by atomic mass is 35.5. The quantitative estimate of drug-likeness (QED) is 0.608. The van der Waals surface area contributed by atoms with Gasteiger partial charge in [0.2, 0.25) is 0 Å². The number of carbonyl (C=O) groups is 2. The summed E-state index contributed by atoms with van der Waals surface area (Å²) >= 11 is 6.13. The molecule has 140 valence electrons. The number of benzene rings is 1. The molecular weight excluding hydrogens is 354 g/mol. The predicted octanol–water partition coefficient (Wildman–Crippen LogP) is 4.06. The van der Waals surface area contributed by atoms with Gasteiger partial charge in [-0.3, -0.25) is 9.59 Å². The molecule has 0 spiro atoms. The second-order valence-corrected chi connectivity index (χ2v) is 7.11. The molecule has 0 saturated carbocycles.